The van der Waals surface area contributed by atoms with E-state index in [1.165, 1.54) is 69.9 Å². The summed E-state index contributed by atoms with van der Waals surface area (Å²) in [5, 5.41) is 39.6. The van der Waals surface area contributed by atoms with E-state index in [2.05, 4.69) is 0 Å². The number of ether oxygens (including phenoxy) is 2. The van der Waals surface area contributed by atoms with Gasteiger partial charge in [-0.1, -0.05) is 57.8 Å². The van der Waals surface area contributed by atoms with Crippen molar-refractivity contribution in [3.05, 3.63) is 40.6 Å². The summed E-state index contributed by atoms with van der Waals surface area (Å²) in [5.74, 6) is -0.164. The maximum atomic E-state index is 12.6. The Kier molecular flexibility index (Phi) is 11.0. The van der Waals surface area contributed by atoms with Crippen molar-refractivity contribution in [3.8, 4) is 40.1 Å². The minimum absolute atomic E-state index is 0.0114. The van der Waals surface area contributed by atoms with Crippen LogP contribution < -0.4 is 14.9 Å². The number of aliphatic hydroxyl groups excluding tert-OH is 1. The molecule has 8 heteroatoms. The first-order valence-corrected chi connectivity index (χ1v) is 13.1. The molecule has 0 atom stereocenters. The van der Waals surface area contributed by atoms with Crippen LogP contribution in [0.15, 0.2) is 39.5 Å². The van der Waals surface area contributed by atoms with E-state index in [4.69, 9.17) is 19.0 Å². The highest BCUT2D eigenvalue weighted by atomic mass is 16.5. The Morgan fingerprint density at radius 1 is 0.730 bits per heavy atom. The Hall–Kier alpha value is -3.39. The van der Waals surface area contributed by atoms with E-state index in [1.54, 1.807) is 0 Å². The second-order valence-corrected chi connectivity index (χ2v) is 9.29. The molecule has 4 N–H and O–H groups in total. The lowest BCUT2D eigenvalue weighted by molar-refractivity contribution is 0.282. The van der Waals surface area contributed by atoms with E-state index in [1.807, 2.05) is 0 Å². The van der Waals surface area contributed by atoms with Crippen LogP contribution in [0, 0.1) is 0 Å². The zero-order valence-corrected chi connectivity index (χ0v) is 21.5. The zero-order chi connectivity index (χ0) is 26.6. The fourth-order valence-electron chi connectivity index (χ4n) is 4.35. The summed E-state index contributed by atoms with van der Waals surface area (Å²) in [5.41, 5.74) is -0.186. The molecule has 8 nitrogen and oxygen atoms in total. The van der Waals surface area contributed by atoms with Crippen LogP contribution >= 0.6 is 0 Å². The molecule has 0 aliphatic heterocycles. The van der Waals surface area contributed by atoms with Crippen LogP contribution in [0.4, 0.5) is 0 Å². The topological polar surface area (TPSA) is 130 Å². The largest absolute Gasteiger partial charge is 0.507 e. The maximum Gasteiger partial charge on any atom is 0.197 e. The van der Waals surface area contributed by atoms with Gasteiger partial charge in [0.25, 0.3) is 0 Å². The number of phenols is 3. The summed E-state index contributed by atoms with van der Waals surface area (Å²) in [7, 11) is 1.43. The summed E-state index contributed by atoms with van der Waals surface area (Å²) < 4.78 is 16.7. The number of fused-ring (bicyclic) bond motifs is 1. The van der Waals surface area contributed by atoms with Crippen LogP contribution in [0.25, 0.3) is 22.3 Å². The lowest BCUT2D eigenvalue weighted by atomic mass is 10.1. The van der Waals surface area contributed by atoms with Crippen molar-refractivity contribution in [2.75, 3.05) is 20.3 Å². The number of hydrogen-bond donors (Lipinski definition) is 4. The van der Waals surface area contributed by atoms with Gasteiger partial charge in [-0.25, -0.2) is 0 Å². The van der Waals surface area contributed by atoms with E-state index in [-0.39, 0.29) is 45.3 Å². The van der Waals surface area contributed by atoms with Gasteiger partial charge in [0.05, 0.1) is 19.3 Å². The van der Waals surface area contributed by atoms with Gasteiger partial charge in [-0.2, -0.15) is 0 Å². The summed E-state index contributed by atoms with van der Waals surface area (Å²) in [6, 6.07) is 6.58. The monoisotopic (exact) mass is 514 g/mol. The lowest BCUT2D eigenvalue weighted by Crippen LogP contribution is -2.02. The summed E-state index contributed by atoms with van der Waals surface area (Å²) >= 11 is 0. The average Bonchev–Trinajstić information content (AvgIpc) is 2.87. The molecule has 2 aromatic carbocycles. The molecule has 1 heterocycles. The molecule has 0 bridgehead atoms. The number of rotatable bonds is 16. The minimum atomic E-state index is -0.479. The molecular weight excluding hydrogens is 476 g/mol. The van der Waals surface area contributed by atoms with Crippen molar-refractivity contribution < 1.29 is 34.3 Å². The predicted octanol–water partition coefficient (Wildman–Crippen LogP) is 6.25. The molecule has 202 valence electrons. The molecule has 0 saturated heterocycles. The molecular formula is C29H38O8. The van der Waals surface area contributed by atoms with Gasteiger partial charge >= 0.3 is 0 Å². The van der Waals surface area contributed by atoms with Gasteiger partial charge in [-0.05, 0) is 18.9 Å². The van der Waals surface area contributed by atoms with E-state index in [0.29, 0.717) is 19.0 Å². The minimum Gasteiger partial charge on any atom is -0.507 e. The summed E-state index contributed by atoms with van der Waals surface area (Å²) in [6.45, 7) is 0.706. The number of phenolic OH excluding ortho intramolecular Hbond substituents is 3. The SMILES string of the molecule is COc1cc(O)c2c(=O)cc(-c3cc(OCCCCCCCCCCCCCO)c(O)cc3O)oc2c1. The van der Waals surface area contributed by atoms with E-state index >= 15 is 0 Å². The van der Waals surface area contributed by atoms with Crippen LogP contribution in [0.2, 0.25) is 0 Å². The number of benzene rings is 2. The van der Waals surface area contributed by atoms with Crippen LogP contribution in [-0.2, 0) is 0 Å². The molecule has 0 unspecified atom stereocenters. The molecule has 3 rings (SSSR count). The summed E-state index contributed by atoms with van der Waals surface area (Å²) in [4.78, 5) is 12.6. The Morgan fingerprint density at radius 2 is 1.35 bits per heavy atom. The molecule has 0 aliphatic carbocycles. The van der Waals surface area contributed by atoms with Crippen molar-refractivity contribution >= 4 is 11.0 Å². The van der Waals surface area contributed by atoms with Crippen molar-refractivity contribution in [3.63, 3.8) is 0 Å². The summed E-state index contributed by atoms with van der Waals surface area (Å²) in [6.07, 6.45) is 12.4. The second kappa shape index (κ2) is 14.4. The second-order valence-electron chi connectivity index (χ2n) is 9.29. The van der Waals surface area contributed by atoms with E-state index < -0.39 is 5.43 Å². The number of hydrogen-bond acceptors (Lipinski definition) is 8. The lowest BCUT2D eigenvalue weighted by Gasteiger charge is -2.12. The van der Waals surface area contributed by atoms with E-state index in [0.717, 1.165) is 38.2 Å². The molecule has 3 aromatic rings. The number of aromatic hydroxyl groups is 3. The van der Waals surface area contributed by atoms with Gasteiger partial charge < -0.3 is 34.3 Å². The standard InChI is InChI=1S/C29H38O8/c1-35-20-15-24(33)29-25(34)19-26(37-28(29)16-20)21-17-27(23(32)18-22(21)31)36-14-12-10-8-6-4-2-3-5-7-9-11-13-30/h15-19,30-33H,2-14H2,1H3. The predicted molar refractivity (Wildman–Crippen MR) is 143 cm³/mol. The Labute approximate surface area is 217 Å². The number of aliphatic hydroxyl groups is 1. The molecule has 0 aliphatic rings. The van der Waals surface area contributed by atoms with Crippen LogP contribution in [0.5, 0.6) is 28.7 Å². The van der Waals surface area contributed by atoms with Crippen LogP contribution in [-0.4, -0.2) is 40.7 Å². The highest BCUT2D eigenvalue weighted by Crippen LogP contribution is 2.40. The van der Waals surface area contributed by atoms with Gasteiger partial charge in [0.15, 0.2) is 16.9 Å². The zero-order valence-electron chi connectivity index (χ0n) is 21.5. The van der Waals surface area contributed by atoms with Gasteiger partial charge in [-0.15, -0.1) is 0 Å². The maximum absolute atomic E-state index is 12.6. The molecule has 1 aromatic heterocycles. The average molecular weight is 515 g/mol. The molecule has 0 spiro atoms. The molecule has 0 fully saturated rings. The van der Waals surface area contributed by atoms with Crippen LogP contribution in [0.3, 0.4) is 0 Å². The molecule has 0 radical (unpaired) electrons. The van der Waals surface area contributed by atoms with Crippen molar-refractivity contribution in [2.24, 2.45) is 0 Å². The fourth-order valence-corrected chi connectivity index (χ4v) is 4.35. The van der Waals surface area contributed by atoms with Crippen molar-refractivity contribution in [1.82, 2.24) is 0 Å². The Balaban J connectivity index is 1.53. The third kappa shape index (κ3) is 8.05. The quantitative estimate of drug-likeness (QED) is 0.165. The van der Waals surface area contributed by atoms with E-state index in [9.17, 15) is 20.1 Å². The third-order valence-electron chi connectivity index (χ3n) is 6.42. The Morgan fingerprint density at radius 3 is 1.97 bits per heavy atom. The smallest absolute Gasteiger partial charge is 0.197 e. The molecule has 0 saturated carbocycles. The first-order chi connectivity index (χ1) is 17.9. The van der Waals surface area contributed by atoms with Crippen LogP contribution in [0.1, 0.15) is 70.6 Å². The van der Waals surface area contributed by atoms with Gasteiger partial charge in [-0.3, -0.25) is 4.79 Å². The normalized spacial score (nSPS) is 11.2. The first-order valence-electron chi connectivity index (χ1n) is 13.1. The van der Waals surface area contributed by atoms with Crippen molar-refractivity contribution in [1.29, 1.82) is 0 Å². The van der Waals surface area contributed by atoms with Crippen molar-refractivity contribution in [2.45, 2.75) is 70.6 Å². The highest BCUT2D eigenvalue weighted by molar-refractivity contribution is 5.86. The number of unbranched alkanes of at least 4 members (excludes halogenated alkanes) is 10. The first kappa shape index (κ1) is 28.2. The van der Waals surface area contributed by atoms with Gasteiger partial charge in [0, 0.05) is 30.9 Å². The molecule has 37 heavy (non-hydrogen) atoms. The third-order valence-corrected chi connectivity index (χ3v) is 6.42. The molecule has 0 amide bonds. The highest BCUT2D eigenvalue weighted by Gasteiger charge is 2.17. The van der Waals surface area contributed by atoms with Gasteiger partial charge in [0.2, 0.25) is 0 Å². The van der Waals surface area contributed by atoms with Gasteiger partial charge in [0.1, 0.15) is 34.0 Å². The fraction of sp³-hybridized carbons (Fsp3) is 0.483. The number of methoxy groups -OCH3 is 1. The Bertz CT molecular complexity index is 1200.